The van der Waals surface area contributed by atoms with E-state index >= 15 is 0 Å². The lowest BCUT2D eigenvalue weighted by molar-refractivity contribution is 0.112. The predicted molar refractivity (Wildman–Crippen MR) is 60.4 cm³/mol. The van der Waals surface area contributed by atoms with E-state index < -0.39 is 0 Å². The molecule has 4 nitrogen and oxygen atoms in total. The minimum Gasteiger partial charge on any atom is -0.343 e. The van der Waals surface area contributed by atoms with Crippen molar-refractivity contribution >= 4 is 6.29 Å². The Balaban J connectivity index is 2.35. The number of hydrogen-bond donors (Lipinski definition) is 0. The number of rotatable bonds is 3. The van der Waals surface area contributed by atoms with E-state index in [0.717, 1.165) is 28.9 Å². The monoisotopic (exact) mass is 215 g/mol. The Morgan fingerprint density at radius 2 is 2.25 bits per heavy atom. The molecule has 0 saturated heterocycles. The van der Waals surface area contributed by atoms with Crippen molar-refractivity contribution in [1.29, 1.82) is 0 Å². The summed E-state index contributed by atoms with van der Waals surface area (Å²) in [6, 6.07) is 3.77. The van der Waals surface area contributed by atoms with Gasteiger partial charge in [-0.1, -0.05) is 0 Å². The van der Waals surface area contributed by atoms with Gasteiger partial charge in [0.2, 0.25) is 0 Å². The van der Waals surface area contributed by atoms with Gasteiger partial charge in [0.05, 0.1) is 12.2 Å². The minimum absolute atomic E-state index is 0.675. The highest BCUT2D eigenvalue weighted by Crippen LogP contribution is 2.14. The molecule has 4 heteroatoms. The van der Waals surface area contributed by atoms with E-state index in [4.69, 9.17) is 0 Å². The van der Waals surface area contributed by atoms with Crippen molar-refractivity contribution < 1.29 is 4.79 Å². The third-order valence-electron chi connectivity index (χ3n) is 2.70. The third kappa shape index (κ3) is 1.86. The summed E-state index contributed by atoms with van der Waals surface area (Å²) < 4.78 is 2.08. The van der Waals surface area contributed by atoms with E-state index in [1.807, 2.05) is 26.0 Å². The Labute approximate surface area is 94.0 Å². The van der Waals surface area contributed by atoms with Crippen LogP contribution < -0.4 is 0 Å². The van der Waals surface area contributed by atoms with Crippen molar-refractivity contribution in [3.8, 4) is 0 Å². The van der Waals surface area contributed by atoms with E-state index in [0.29, 0.717) is 6.54 Å². The van der Waals surface area contributed by atoms with E-state index in [1.54, 1.807) is 6.20 Å². The van der Waals surface area contributed by atoms with E-state index in [1.165, 1.54) is 6.33 Å². The summed E-state index contributed by atoms with van der Waals surface area (Å²) in [5, 5.41) is 0. The first-order valence-corrected chi connectivity index (χ1v) is 5.09. The normalized spacial score (nSPS) is 10.4. The zero-order valence-electron chi connectivity index (χ0n) is 9.34. The topological polar surface area (TPSA) is 47.8 Å². The molecular formula is C12H13N3O. The van der Waals surface area contributed by atoms with Gasteiger partial charge in [-0.05, 0) is 26.0 Å². The van der Waals surface area contributed by atoms with Gasteiger partial charge in [0.25, 0.3) is 0 Å². The van der Waals surface area contributed by atoms with Gasteiger partial charge in [-0.3, -0.25) is 4.79 Å². The second-order valence-corrected chi connectivity index (χ2v) is 3.73. The molecule has 2 aromatic heterocycles. The summed E-state index contributed by atoms with van der Waals surface area (Å²) in [5.41, 5.74) is 3.73. The first kappa shape index (κ1) is 10.5. The minimum atomic E-state index is 0.675. The fourth-order valence-corrected chi connectivity index (χ4v) is 1.76. The largest absolute Gasteiger partial charge is 0.343 e. The molecule has 2 rings (SSSR count). The first-order valence-electron chi connectivity index (χ1n) is 5.09. The van der Waals surface area contributed by atoms with Crippen molar-refractivity contribution in [1.82, 2.24) is 14.5 Å². The highest BCUT2D eigenvalue weighted by molar-refractivity contribution is 5.77. The molecule has 0 fully saturated rings. The molecule has 0 bridgehead atoms. The molecular weight excluding hydrogens is 202 g/mol. The second-order valence-electron chi connectivity index (χ2n) is 3.73. The van der Waals surface area contributed by atoms with Gasteiger partial charge in [0.15, 0.2) is 6.29 Å². The molecule has 0 saturated carbocycles. The molecule has 0 aromatic carbocycles. The van der Waals surface area contributed by atoms with E-state index in [9.17, 15) is 4.79 Å². The smallest absolute Gasteiger partial charge is 0.151 e. The van der Waals surface area contributed by atoms with Crippen molar-refractivity contribution in [2.24, 2.45) is 0 Å². The maximum atomic E-state index is 10.8. The fourth-order valence-electron chi connectivity index (χ4n) is 1.76. The lowest BCUT2D eigenvalue weighted by atomic mass is 10.3. The maximum Gasteiger partial charge on any atom is 0.151 e. The highest BCUT2D eigenvalue weighted by atomic mass is 16.1. The van der Waals surface area contributed by atoms with Crippen LogP contribution in [0.1, 0.15) is 27.4 Å². The zero-order valence-corrected chi connectivity index (χ0v) is 9.34. The molecule has 0 amide bonds. The molecule has 82 valence electrons. The molecule has 2 heterocycles. The molecule has 2 aromatic rings. The number of aryl methyl sites for hydroxylation is 1. The number of carbonyl (C=O) groups is 1. The summed E-state index contributed by atoms with van der Waals surface area (Å²) in [5.74, 6) is 0. The van der Waals surface area contributed by atoms with Crippen molar-refractivity contribution in [2.45, 2.75) is 20.4 Å². The van der Waals surface area contributed by atoms with Gasteiger partial charge in [0, 0.05) is 23.1 Å². The average Bonchev–Trinajstić information content (AvgIpc) is 2.58. The number of aromatic nitrogens is 3. The van der Waals surface area contributed by atoms with Crippen molar-refractivity contribution in [2.75, 3.05) is 0 Å². The molecule has 0 spiro atoms. The summed E-state index contributed by atoms with van der Waals surface area (Å²) in [6.45, 7) is 4.60. The van der Waals surface area contributed by atoms with Crippen LogP contribution in [0.5, 0.6) is 0 Å². The van der Waals surface area contributed by atoms with E-state index in [2.05, 4.69) is 14.5 Å². The maximum absolute atomic E-state index is 10.8. The van der Waals surface area contributed by atoms with Crippen LogP contribution >= 0.6 is 0 Å². The van der Waals surface area contributed by atoms with Gasteiger partial charge >= 0.3 is 0 Å². The van der Waals surface area contributed by atoms with E-state index in [-0.39, 0.29) is 0 Å². The van der Waals surface area contributed by atoms with Crippen LogP contribution in [-0.4, -0.2) is 20.8 Å². The second kappa shape index (κ2) is 4.26. The summed E-state index contributed by atoms with van der Waals surface area (Å²) in [4.78, 5) is 18.9. The first-order chi connectivity index (χ1) is 7.72. The van der Waals surface area contributed by atoms with Crippen LogP contribution in [0.15, 0.2) is 24.7 Å². The van der Waals surface area contributed by atoms with Crippen molar-refractivity contribution in [3.63, 3.8) is 0 Å². The number of carbonyl (C=O) groups excluding carboxylic acids is 1. The fraction of sp³-hybridized carbons (Fsp3) is 0.250. The van der Waals surface area contributed by atoms with Crippen LogP contribution in [-0.2, 0) is 6.54 Å². The van der Waals surface area contributed by atoms with Gasteiger partial charge in [-0.15, -0.1) is 0 Å². The molecule has 0 aliphatic carbocycles. The molecule has 0 atom stereocenters. The molecule has 0 N–H and O–H groups in total. The van der Waals surface area contributed by atoms with Crippen LogP contribution in [0, 0.1) is 13.8 Å². The van der Waals surface area contributed by atoms with Gasteiger partial charge in [-0.2, -0.15) is 0 Å². The quantitative estimate of drug-likeness (QED) is 0.733. The van der Waals surface area contributed by atoms with Crippen LogP contribution in [0.3, 0.4) is 0 Å². The highest BCUT2D eigenvalue weighted by Gasteiger charge is 2.08. The molecule has 0 radical (unpaired) electrons. The Hall–Kier alpha value is -1.97. The Bertz CT molecular complexity index is 502. The van der Waals surface area contributed by atoms with Crippen molar-refractivity contribution in [3.05, 3.63) is 47.3 Å². The number of nitrogens with zero attached hydrogens (tertiary/aromatic N) is 3. The summed E-state index contributed by atoms with van der Waals surface area (Å²) in [6.07, 6.45) is 4.14. The molecule has 0 aliphatic heterocycles. The van der Waals surface area contributed by atoms with Crippen LogP contribution in [0.2, 0.25) is 0 Å². The van der Waals surface area contributed by atoms with Crippen LogP contribution in [0.4, 0.5) is 0 Å². The Morgan fingerprint density at radius 3 is 2.81 bits per heavy atom. The Kier molecular flexibility index (Phi) is 2.81. The Morgan fingerprint density at radius 1 is 1.44 bits per heavy atom. The molecule has 0 unspecified atom stereocenters. The average molecular weight is 215 g/mol. The standard InChI is InChI=1S/C12H13N3O/c1-9-5-11(7-16)10(2)15(9)6-12-3-4-13-8-14-12/h3-5,7-8H,6H2,1-2H3. The SMILES string of the molecule is Cc1cc(C=O)c(C)n1Cc1ccncn1. The molecule has 0 aliphatic rings. The third-order valence-corrected chi connectivity index (χ3v) is 2.70. The summed E-state index contributed by atoms with van der Waals surface area (Å²) >= 11 is 0. The zero-order chi connectivity index (χ0) is 11.5. The molecule has 16 heavy (non-hydrogen) atoms. The van der Waals surface area contributed by atoms with Crippen LogP contribution in [0.25, 0.3) is 0 Å². The van der Waals surface area contributed by atoms with Gasteiger partial charge in [-0.25, -0.2) is 9.97 Å². The lowest BCUT2D eigenvalue weighted by Gasteiger charge is -2.08. The van der Waals surface area contributed by atoms with Gasteiger partial charge in [0.1, 0.15) is 6.33 Å². The lowest BCUT2D eigenvalue weighted by Crippen LogP contribution is -2.05. The predicted octanol–water partition coefficient (Wildman–Crippen LogP) is 1.76. The number of aldehydes is 1. The van der Waals surface area contributed by atoms with Gasteiger partial charge < -0.3 is 4.57 Å². The summed E-state index contributed by atoms with van der Waals surface area (Å²) in [7, 11) is 0. The number of hydrogen-bond acceptors (Lipinski definition) is 3.